The Hall–Kier alpha value is -2.04. The minimum Gasteiger partial charge on any atom is -0.444 e. The van der Waals surface area contributed by atoms with Crippen LogP contribution in [-0.4, -0.2) is 58.8 Å². The number of urea groups is 1. The minimum absolute atomic E-state index is 0.183. The lowest BCUT2D eigenvalue weighted by atomic mass is 10.1. The molecule has 156 valence electrons. The van der Waals surface area contributed by atoms with E-state index in [9.17, 15) is 27.6 Å². The Labute approximate surface area is 156 Å². The van der Waals surface area contributed by atoms with E-state index in [2.05, 4.69) is 5.32 Å². The molecule has 0 unspecified atom stereocenters. The first-order valence-corrected chi connectivity index (χ1v) is 8.71. The average Bonchev–Trinajstić information content (AvgIpc) is 2.51. The van der Waals surface area contributed by atoms with Gasteiger partial charge in [0.2, 0.25) is 5.91 Å². The van der Waals surface area contributed by atoms with Crippen LogP contribution in [0.25, 0.3) is 0 Å². The van der Waals surface area contributed by atoms with Crippen molar-refractivity contribution >= 4 is 18.0 Å². The molecule has 27 heavy (non-hydrogen) atoms. The van der Waals surface area contributed by atoms with Gasteiger partial charge in [-0.25, -0.2) is 15.4 Å². The van der Waals surface area contributed by atoms with Crippen molar-refractivity contribution < 1.29 is 32.3 Å². The van der Waals surface area contributed by atoms with Crippen molar-refractivity contribution in [2.75, 3.05) is 13.1 Å². The van der Waals surface area contributed by atoms with Gasteiger partial charge >= 0.3 is 18.3 Å². The molecule has 1 saturated heterocycles. The fraction of sp³-hybridized carbons (Fsp3) is 0.812. The molecular formula is C16H27F3N4O4. The molecule has 0 spiro atoms. The van der Waals surface area contributed by atoms with Crippen LogP contribution in [0.5, 0.6) is 0 Å². The summed E-state index contributed by atoms with van der Waals surface area (Å²) in [5.41, 5.74) is -0.618. The quantitative estimate of drug-likeness (QED) is 0.432. The maximum atomic E-state index is 12.2. The number of amides is 4. The van der Waals surface area contributed by atoms with E-state index in [1.807, 2.05) is 0 Å². The first kappa shape index (κ1) is 23.0. The normalized spacial score (nSPS) is 16.0. The SMILES string of the molecule is CC(C)(C)OC(=O)NC1CCN(C(=O)N(N)C(=O)CCCC(F)(F)F)CC1. The number of piperidine rings is 1. The number of alkyl halides is 3. The predicted molar refractivity (Wildman–Crippen MR) is 90.3 cm³/mol. The number of nitrogens with zero attached hydrogens (tertiary/aromatic N) is 2. The van der Waals surface area contributed by atoms with Crippen molar-refractivity contribution in [1.82, 2.24) is 15.2 Å². The van der Waals surface area contributed by atoms with Gasteiger partial charge in [-0.2, -0.15) is 18.2 Å². The number of imide groups is 1. The molecule has 8 nitrogen and oxygen atoms in total. The van der Waals surface area contributed by atoms with Crippen LogP contribution < -0.4 is 11.2 Å². The zero-order valence-electron chi connectivity index (χ0n) is 15.8. The van der Waals surface area contributed by atoms with Crippen LogP contribution in [-0.2, 0) is 9.53 Å². The molecular weight excluding hydrogens is 369 g/mol. The number of carbonyl (C=O) groups is 3. The summed E-state index contributed by atoms with van der Waals surface area (Å²) in [7, 11) is 0. The Morgan fingerprint density at radius 1 is 1.19 bits per heavy atom. The summed E-state index contributed by atoms with van der Waals surface area (Å²) in [4.78, 5) is 37.0. The zero-order valence-corrected chi connectivity index (χ0v) is 15.8. The second-order valence-electron chi connectivity index (χ2n) is 7.42. The van der Waals surface area contributed by atoms with Gasteiger partial charge in [0.1, 0.15) is 5.60 Å². The van der Waals surface area contributed by atoms with E-state index in [0.29, 0.717) is 17.9 Å². The number of likely N-dealkylation sites (tertiary alicyclic amines) is 1. The summed E-state index contributed by atoms with van der Waals surface area (Å²) in [5, 5.41) is 3.07. The molecule has 1 heterocycles. The van der Waals surface area contributed by atoms with E-state index in [0.717, 1.165) is 0 Å². The van der Waals surface area contributed by atoms with Crippen LogP contribution in [0.4, 0.5) is 22.8 Å². The lowest BCUT2D eigenvalue weighted by Crippen LogP contribution is -2.54. The van der Waals surface area contributed by atoms with E-state index in [1.54, 1.807) is 20.8 Å². The largest absolute Gasteiger partial charge is 0.444 e. The molecule has 3 N–H and O–H groups in total. The van der Waals surface area contributed by atoms with Crippen LogP contribution >= 0.6 is 0 Å². The van der Waals surface area contributed by atoms with Gasteiger partial charge < -0.3 is 15.0 Å². The van der Waals surface area contributed by atoms with Crippen molar-refractivity contribution in [1.29, 1.82) is 0 Å². The van der Waals surface area contributed by atoms with E-state index in [-0.39, 0.29) is 19.1 Å². The number of nitrogens with one attached hydrogen (secondary N) is 1. The summed E-state index contributed by atoms with van der Waals surface area (Å²) >= 11 is 0. The molecule has 11 heteroatoms. The molecule has 4 amide bonds. The van der Waals surface area contributed by atoms with Crippen molar-refractivity contribution in [3.05, 3.63) is 0 Å². The summed E-state index contributed by atoms with van der Waals surface area (Å²) < 4.78 is 41.5. The van der Waals surface area contributed by atoms with Gasteiger partial charge in [0.15, 0.2) is 0 Å². The third-order valence-electron chi connectivity index (χ3n) is 3.81. The van der Waals surface area contributed by atoms with Gasteiger partial charge in [0.05, 0.1) is 0 Å². The van der Waals surface area contributed by atoms with E-state index in [4.69, 9.17) is 10.6 Å². The molecule has 0 radical (unpaired) electrons. The summed E-state index contributed by atoms with van der Waals surface area (Å²) in [5.74, 6) is 4.59. The molecule has 0 aromatic rings. The van der Waals surface area contributed by atoms with Crippen LogP contribution in [0, 0.1) is 0 Å². The number of carbonyl (C=O) groups excluding carboxylic acids is 3. The van der Waals surface area contributed by atoms with Crippen LogP contribution in [0.1, 0.15) is 52.9 Å². The van der Waals surface area contributed by atoms with E-state index >= 15 is 0 Å². The standard InChI is InChI=1S/C16H27F3N4O4/c1-15(2,3)27-13(25)21-11-6-9-22(10-7-11)14(26)23(20)12(24)5-4-8-16(17,18)19/h11H,4-10,20H2,1-3H3,(H,21,25). The molecule has 0 atom stereocenters. The summed E-state index contributed by atoms with van der Waals surface area (Å²) in [6.45, 7) is 5.74. The van der Waals surface area contributed by atoms with Gasteiger partial charge in [0, 0.05) is 32.0 Å². The third kappa shape index (κ3) is 8.94. The Morgan fingerprint density at radius 3 is 2.22 bits per heavy atom. The van der Waals surface area contributed by atoms with Crippen molar-refractivity contribution in [3.8, 4) is 0 Å². The molecule has 0 saturated carbocycles. The summed E-state index contributed by atoms with van der Waals surface area (Å²) in [6, 6.07) is -0.944. The molecule has 1 aliphatic heterocycles. The zero-order chi connectivity index (χ0) is 20.8. The molecule has 1 aliphatic rings. The van der Waals surface area contributed by atoms with Gasteiger partial charge in [-0.3, -0.25) is 4.79 Å². The average molecular weight is 396 g/mol. The monoisotopic (exact) mass is 396 g/mol. The topological polar surface area (TPSA) is 105 Å². The van der Waals surface area contributed by atoms with Crippen LogP contribution in [0.2, 0.25) is 0 Å². The molecule has 0 bridgehead atoms. The van der Waals surface area contributed by atoms with Gasteiger partial charge in [-0.1, -0.05) is 0 Å². The van der Waals surface area contributed by atoms with Crippen molar-refractivity contribution in [3.63, 3.8) is 0 Å². The molecule has 0 aromatic carbocycles. The number of hydrazine groups is 1. The van der Waals surface area contributed by atoms with Gasteiger partial charge in [0.25, 0.3) is 0 Å². The highest BCUT2D eigenvalue weighted by Gasteiger charge is 2.31. The number of hydrogen-bond donors (Lipinski definition) is 2. The molecule has 1 rings (SSSR count). The lowest BCUT2D eigenvalue weighted by Gasteiger charge is -2.34. The Kier molecular flexibility index (Phi) is 7.88. The minimum atomic E-state index is -4.35. The highest BCUT2D eigenvalue weighted by molar-refractivity contribution is 5.93. The second kappa shape index (κ2) is 9.25. The fourth-order valence-electron chi connectivity index (χ4n) is 2.51. The number of nitrogens with two attached hydrogens (primary N) is 1. The first-order valence-electron chi connectivity index (χ1n) is 8.71. The molecule has 0 aromatic heterocycles. The first-order chi connectivity index (χ1) is 12.3. The van der Waals surface area contributed by atoms with Crippen molar-refractivity contribution in [2.45, 2.75) is 70.7 Å². The van der Waals surface area contributed by atoms with Crippen LogP contribution in [0.15, 0.2) is 0 Å². The van der Waals surface area contributed by atoms with E-state index in [1.165, 1.54) is 4.90 Å². The van der Waals surface area contributed by atoms with Crippen LogP contribution in [0.3, 0.4) is 0 Å². The third-order valence-corrected chi connectivity index (χ3v) is 3.81. The Morgan fingerprint density at radius 2 is 1.74 bits per heavy atom. The Bertz CT molecular complexity index is 541. The smallest absolute Gasteiger partial charge is 0.407 e. The number of halogens is 3. The number of ether oxygens (including phenoxy) is 1. The second-order valence-corrected chi connectivity index (χ2v) is 7.42. The maximum absolute atomic E-state index is 12.2. The summed E-state index contributed by atoms with van der Waals surface area (Å²) in [6.07, 6.45) is -6.01. The van der Waals surface area contributed by atoms with Gasteiger partial charge in [-0.15, -0.1) is 0 Å². The number of alkyl carbamates (subject to hydrolysis) is 1. The van der Waals surface area contributed by atoms with Crippen molar-refractivity contribution in [2.24, 2.45) is 5.84 Å². The fourth-order valence-corrected chi connectivity index (χ4v) is 2.51. The lowest BCUT2D eigenvalue weighted by molar-refractivity contribution is -0.139. The molecule has 0 aliphatic carbocycles. The maximum Gasteiger partial charge on any atom is 0.407 e. The number of hydrogen-bond acceptors (Lipinski definition) is 5. The van der Waals surface area contributed by atoms with E-state index < -0.39 is 49.1 Å². The highest BCUT2D eigenvalue weighted by Crippen LogP contribution is 2.22. The highest BCUT2D eigenvalue weighted by atomic mass is 19.4. The number of rotatable bonds is 4. The predicted octanol–water partition coefficient (Wildman–Crippen LogP) is 2.53. The van der Waals surface area contributed by atoms with Gasteiger partial charge in [-0.05, 0) is 40.0 Å². The molecule has 1 fully saturated rings. The Balaban J connectivity index is 2.39.